The Morgan fingerprint density at radius 3 is 2.73 bits per heavy atom. The highest BCUT2D eigenvalue weighted by atomic mass is 15.3. The maximum Gasteiger partial charge on any atom is 0.239 e. The Morgan fingerprint density at radius 2 is 2.07 bits per heavy atom. The van der Waals surface area contributed by atoms with Crippen LogP contribution in [-0.2, 0) is 12.8 Å². The number of nitrogens with one attached hydrogen (secondary N) is 1. The molecule has 1 heterocycles. The van der Waals surface area contributed by atoms with Crippen molar-refractivity contribution in [2.24, 2.45) is 0 Å². The highest BCUT2D eigenvalue weighted by Gasteiger charge is 2.00. The van der Waals surface area contributed by atoms with E-state index in [4.69, 9.17) is 11.5 Å². The lowest BCUT2D eigenvalue weighted by molar-refractivity contribution is 0.865. The second-order valence-electron chi connectivity index (χ2n) is 3.39. The molecule has 0 saturated heterocycles. The molecule has 0 aliphatic rings. The van der Waals surface area contributed by atoms with Gasteiger partial charge in [0.25, 0.3) is 0 Å². The number of aryl methyl sites for hydroxylation is 2. The number of H-pyrrole nitrogens is 1. The molecule has 0 atom stereocenters. The average molecular weight is 203 g/mol. The number of nitrogen functional groups attached to an aromatic ring is 2. The molecule has 1 aromatic carbocycles. The number of rotatable bonds is 3. The summed E-state index contributed by atoms with van der Waals surface area (Å²) in [7, 11) is 0. The van der Waals surface area contributed by atoms with Gasteiger partial charge in [0, 0.05) is 12.1 Å². The van der Waals surface area contributed by atoms with Crippen LogP contribution in [0.2, 0.25) is 0 Å². The minimum absolute atomic E-state index is 0.289. The van der Waals surface area contributed by atoms with E-state index >= 15 is 0 Å². The van der Waals surface area contributed by atoms with Gasteiger partial charge in [0.2, 0.25) is 5.95 Å². The van der Waals surface area contributed by atoms with E-state index < -0.39 is 0 Å². The SMILES string of the molecule is Nc1cccc(CCc2nc(N)n[nH]2)c1. The molecule has 2 rings (SSSR count). The zero-order chi connectivity index (χ0) is 10.7. The van der Waals surface area contributed by atoms with E-state index in [2.05, 4.69) is 15.2 Å². The molecule has 0 radical (unpaired) electrons. The second kappa shape index (κ2) is 4.00. The Balaban J connectivity index is 1.99. The van der Waals surface area contributed by atoms with Gasteiger partial charge in [-0.05, 0) is 24.1 Å². The summed E-state index contributed by atoms with van der Waals surface area (Å²) in [5.41, 5.74) is 13.0. The molecule has 0 unspecified atom stereocenters. The third-order valence-corrected chi connectivity index (χ3v) is 2.15. The molecule has 78 valence electrons. The van der Waals surface area contributed by atoms with Gasteiger partial charge in [-0.3, -0.25) is 5.10 Å². The minimum atomic E-state index is 0.289. The third-order valence-electron chi connectivity index (χ3n) is 2.15. The maximum atomic E-state index is 5.68. The summed E-state index contributed by atoms with van der Waals surface area (Å²) >= 11 is 0. The van der Waals surface area contributed by atoms with Crippen LogP contribution >= 0.6 is 0 Å². The van der Waals surface area contributed by atoms with Crippen LogP contribution in [-0.4, -0.2) is 15.2 Å². The molecule has 15 heavy (non-hydrogen) atoms. The largest absolute Gasteiger partial charge is 0.399 e. The molecule has 0 amide bonds. The van der Waals surface area contributed by atoms with Gasteiger partial charge in [0.1, 0.15) is 5.82 Å². The Kier molecular flexibility index (Phi) is 2.53. The Labute approximate surface area is 87.5 Å². The van der Waals surface area contributed by atoms with Crippen molar-refractivity contribution in [1.29, 1.82) is 0 Å². The lowest BCUT2D eigenvalue weighted by atomic mass is 10.1. The molecule has 5 heteroatoms. The minimum Gasteiger partial charge on any atom is -0.399 e. The van der Waals surface area contributed by atoms with Crippen molar-refractivity contribution in [3.8, 4) is 0 Å². The zero-order valence-corrected chi connectivity index (χ0v) is 8.27. The number of nitrogens with zero attached hydrogens (tertiary/aromatic N) is 2. The fourth-order valence-corrected chi connectivity index (χ4v) is 1.43. The zero-order valence-electron chi connectivity index (χ0n) is 8.27. The maximum absolute atomic E-state index is 5.68. The van der Waals surface area contributed by atoms with Gasteiger partial charge in [0.15, 0.2) is 0 Å². The topological polar surface area (TPSA) is 93.6 Å². The van der Waals surface area contributed by atoms with E-state index in [-0.39, 0.29) is 5.95 Å². The Morgan fingerprint density at radius 1 is 1.20 bits per heavy atom. The Bertz CT molecular complexity index is 449. The molecule has 0 bridgehead atoms. The normalized spacial score (nSPS) is 10.4. The molecule has 0 spiro atoms. The number of aromatic amines is 1. The van der Waals surface area contributed by atoms with Crippen molar-refractivity contribution in [3.05, 3.63) is 35.7 Å². The molecule has 0 saturated carbocycles. The fourth-order valence-electron chi connectivity index (χ4n) is 1.43. The highest BCUT2D eigenvalue weighted by Crippen LogP contribution is 2.09. The summed E-state index contributed by atoms with van der Waals surface area (Å²) in [6.45, 7) is 0. The highest BCUT2D eigenvalue weighted by molar-refractivity contribution is 5.40. The average Bonchev–Trinajstić information content (AvgIpc) is 2.62. The number of nitrogens with two attached hydrogens (primary N) is 2. The van der Waals surface area contributed by atoms with Crippen LogP contribution in [0.25, 0.3) is 0 Å². The van der Waals surface area contributed by atoms with Gasteiger partial charge < -0.3 is 11.5 Å². The van der Waals surface area contributed by atoms with Crippen LogP contribution in [0.3, 0.4) is 0 Å². The first-order valence-electron chi connectivity index (χ1n) is 4.75. The first-order valence-corrected chi connectivity index (χ1v) is 4.75. The van der Waals surface area contributed by atoms with Gasteiger partial charge in [-0.1, -0.05) is 12.1 Å². The predicted octanol–water partition coefficient (Wildman–Crippen LogP) is 0.754. The summed E-state index contributed by atoms with van der Waals surface area (Å²) in [4.78, 5) is 4.03. The molecule has 1 aromatic heterocycles. The van der Waals surface area contributed by atoms with E-state index in [9.17, 15) is 0 Å². The number of aromatic nitrogens is 3. The van der Waals surface area contributed by atoms with Crippen LogP contribution in [0.15, 0.2) is 24.3 Å². The molecule has 0 aliphatic heterocycles. The number of hydrogen-bond donors (Lipinski definition) is 3. The van der Waals surface area contributed by atoms with Crippen LogP contribution in [0.1, 0.15) is 11.4 Å². The number of hydrogen-bond acceptors (Lipinski definition) is 4. The van der Waals surface area contributed by atoms with Gasteiger partial charge >= 0.3 is 0 Å². The van der Waals surface area contributed by atoms with E-state index in [1.807, 2.05) is 24.3 Å². The molecular weight excluding hydrogens is 190 g/mol. The quantitative estimate of drug-likeness (QED) is 0.642. The lowest BCUT2D eigenvalue weighted by Crippen LogP contribution is -1.95. The monoisotopic (exact) mass is 203 g/mol. The molecule has 5 N–H and O–H groups in total. The van der Waals surface area contributed by atoms with Crippen molar-refractivity contribution in [3.63, 3.8) is 0 Å². The van der Waals surface area contributed by atoms with E-state index in [1.165, 1.54) is 5.56 Å². The van der Waals surface area contributed by atoms with Gasteiger partial charge in [-0.15, -0.1) is 5.10 Å². The lowest BCUT2D eigenvalue weighted by Gasteiger charge is -2.00. The number of benzene rings is 1. The van der Waals surface area contributed by atoms with Crippen molar-refractivity contribution in [1.82, 2.24) is 15.2 Å². The standard InChI is InChI=1S/C10H13N5/c11-8-3-1-2-7(6-8)4-5-9-13-10(12)15-14-9/h1-3,6H,4-5,11H2,(H3,12,13,14,15). The van der Waals surface area contributed by atoms with Gasteiger partial charge in [0.05, 0.1) is 0 Å². The van der Waals surface area contributed by atoms with Crippen LogP contribution < -0.4 is 11.5 Å². The smallest absolute Gasteiger partial charge is 0.239 e. The van der Waals surface area contributed by atoms with Crippen LogP contribution in [0.5, 0.6) is 0 Å². The van der Waals surface area contributed by atoms with E-state index in [1.54, 1.807) is 0 Å². The fraction of sp³-hybridized carbons (Fsp3) is 0.200. The third kappa shape index (κ3) is 2.46. The van der Waals surface area contributed by atoms with Crippen molar-refractivity contribution < 1.29 is 0 Å². The van der Waals surface area contributed by atoms with Gasteiger partial charge in [-0.2, -0.15) is 4.98 Å². The van der Waals surface area contributed by atoms with Crippen molar-refractivity contribution >= 4 is 11.6 Å². The number of anilines is 2. The molecule has 2 aromatic rings. The summed E-state index contributed by atoms with van der Waals surface area (Å²) in [5, 5.41) is 6.54. The van der Waals surface area contributed by atoms with Crippen molar-refractivity contribution in [2.45, 2.75) is 12.8 Å². The second-order valence-corrected chi connectivity index (χ2v) is 3.39. The predicted molar refractivity (Wildman–Crippen MR) is 59.1 cm³/mol. The summed E-state index contributed by atoms with van der Waals surface area (Å²) < 4.78 is 0. The van der Waals surface area contributed by atoms with E-state index in [0.717, 1.165) is 24.4 Å². The van der Waals surface area contributed by atoms with E-state index in [0.29, 0.717) is 0 Å². The summed E-state index contributed by atoms with van der Waals surface area (Å²) in [6.07, 6.45) is 1.66. The molecule has 5 nitrogen and oxygen atoms in total. The Hall–Kier alpha value is -2.04. The first kappa shape index (κ1) is 9.51. The summed E-state index contributed by atoms with van der Waals surface area (Å²) in [6, 6.07) is 7.81. The first-order chi connectivity index (χ1) is 7.24. The molecule has 0 fully saturated rings. The molecule has 0 aliphatic carbocycles. The van der Waals surface area contributed by atoms with Crippen LogP contribution in [0.4, 0.5) is 11.6 Å². The van der Waals surface area contributed by atoms with Gasteiger partial charge in [-0.25, -0.2) is 0 Å². The van der Waals surface area contributed by atoms with Crippen molar-refractivity contribution in [2.75, 3.05) is 11.5 Å². The molecular formula is C10H13N5. The summed E-state index contributed by atoms with van der Waals surface area (Å²) in [5.74, 6) is 1.09. The van der Waals surface area contributed by atoms with Crippen LogP contribution in [0, 0.1) is 0 Å².